The zero-order valence-corrected chi connectivity index (χ0v) is 18.2. The van der Waals surface area contributed by atoms with Gasteiger partial charge >= 0.3 is 5.97 Å². The van der Waals surface area contributed by atoms with Crippen molar-refractivity contribution in [1.82, 2.24) is 14.5 Å². The summed E-state index contributed by atoms with van der Waals surface area (Å²) in [5.41, 5.74) is 3.67. The Labute approximate surface area is 181 Å². The Hall–Kier alpha value is -2.60. The lowest BCUT2D eigenvalue weighted by atomic mass is 9.89. The summed E-state index contributed by atoms with van der Waals surface area (Å²) in [6.07, 6.45) is 6.68. The number of aromatic nitrogens is 3. The van der Waals surface area contributed by atoms with Crippen LogP contribution in [0, 0.1) is 12.8 Å². The Morgan fingerprint density at radius 1 is 1.20 bits per heavy atom. The molecule has 0 radical (unpaired) electrons. The molecule has 1 aliphatic carbocycles. The predicted octanol–water partition coefficient (Wildman–Crippen LogP) is 5.22. The molecule has 0 amide bonds. The van der Waals surface area contributed by atoms with E-state index in [1.165, 1.54) is 39.2 Å². The Morgan fingerprint density at radius 2 is 2.00 bits per heavy atom. The molecule has 3 aromatic rings. The van der Waals surface area contributed by atoms with Gasteiger partial charge in [0.05, 0.1) is 13.7 Å². The third-order valence-electron chi connectivity index (χ3n) is 5.88. The minimum Gasteiger partial charge on any atom is -0.464 e. The number of hydrogen-bond acceptors (Lipinski definition) is 5. The molecule has 0 aliphatic heterocycles. The molecule has 1 N–H and O–H groups in total. The number of methoxy groups -OCH3 is 1. The number of halogens is 1. The molecule has 0 saturated heterocycles. The zero-order chi connectivity index (χ0) is 21.1. The molecule has 30 heavy (non-hydrogen) atoms. The fourth-order valence-electron chi connectivity index (χ4n) is 4.13. The summed E-state index contributed by atoms with van der Waals surface area (Å²) in [4.78, 5) is 20.9. The average molecular weight is 427 g/mol. The monoisotopic (exact) mass is 426 g/mol. The van der Waals surface area contributed by atoms with E-state index in [1.54, 1.807) is 12.1 Å². The van der Waals surface area contributed by atoms with E-state index in [-0.39, 0.29) is 5.69 Å². The van der Waals surface area contributed by atoms with Crippen LogP contribution in [0.1, 0.15) is 54.0 Å². The molecule has 2 heterocycles. The topological polar surface area (TPSA) is 69.0 Å². The van der Waals surface area contributed by atoms with E-state index < -0.39 is 5.97 Å². The fraction of sp³-hybridized carbons (Fsp3) is 0.435. The number of carbonyl (C=O) groups excluding carboxylic acids is 1. The Kier molecular flexibility index (Phi) is 6.23. The largest absolute Gasteiger partial charge is 0.464 e. The van der Waals surface area contributed by atoms with Gasteiger partial charge in [-0.15, -0.1) is 0 Å². The van der Waals surface area contributed by atoms with Crippen molar-refractivity contribution in [1.29, 1.82) is 0 Å². The summed E-state index contributed by atoms with van der Waals surface area (Å²) in [7, 11) is 1.35. The van der Waals surface area contributed by atoms with Crippen LogP contribution in [0.15, 0.2) is 30.3 Å². The van der Waals surface area contributed by atoms with Crippen molar-refractivity contribution in [3.63, 3.8) is 0 Å². The van der Waals surface area contributed by atoms with Crippen molar-refractivity contribution in [2.75, 3.05) is 19.0 Å². The number of nitrogens with one attached hydrogen (secondary N) is 1. The predicted molar refractivity (Wildman–Crippen MR) is 119 cm³/mol. The molecule has 0 spiro atoms. The number of ether oxygens (including phenoxy) is 1. The summed E-state index contributed by atoms with van der Waals surface area (Å²) in [6, 6.07) is 9.52. The number of rotatable bonds is 6. The highest BCUT2D eigenvalue weighted by Gasteiger charge is 2.16. The zero-order valence-electron chi connectivity index (χ0n) is 17.4. The van der Waals surface area contributed by atoms with Crippen LogP contribution >= 0.6 is 11.6 Å². The molecule has 6 nitrogen and oxygen atoms in total. The smallest absolute Gasteiger partial charge is 0.356 e. The van der Waals surface area contributed by atoms with Crippen LogP contribution in [0.2, 0.25) is 5.02 Å². The first kappa shape index (κ1) is 20.7. The first-order chi connectivity index (χ1) is 14.5. The second-order valence-corrected chi connectivity index (χ2v) is 8.37. The number of esters is 1. The molecule has 2 aromatic heterocycles. The minimum absolute atomic E-state index is 0.263. The van der Waals surface area contributed by atoms with Gasteiger partial charge < -0.3 is 14.6 Å². The van der Waals surface area contributed by atoms with Gasteiger partial charge in [-0.05, 0) is 55.5 Å². The van der Waals surface area contributed by atoms with Crippen molar-refractivity contribution in [2.45, 2.75) is 45.6 Å². The maximum atomic E-state index is 11.9. The highest BCUT2D eigenvalue weighted by atomic mass is 35.5. The number of fused-ring (bicyclic) bond motifs is 1. The summed E-state index contributed by atoms with van der Waals surface area (Å²) in [5.74, 6) is 1.11. The van der Waals surface area contributed by atoms with Gasteiger partial charge in [0.2, 0.25) is 0 Å². The lowest BCUT2D eigenvalue weighted by molar-refractivity contribution is 0.0594. The molecule has 4 rings (SSSR count). The Balaban J connectivity index is 1.52. The number of pyridine rings is 1. The van der Waals surface area contributed by atoms with Crippen molar-refractivity contribution in [2.24, 2.45) is 5.92 Å². The van der Waals surface area contributed by atoms with Crippen LogP contribution in [-0.4, -0.2) is 34.2 Å². The molecule has 1 saturated carbocycles. The van der Waals surface area contributed by atoms with Crippen molar-refractivity contribution in [3.05, 3.63) is 52.4 Å². The number of aryl methyl sites for hydroxylation is 1. The first-order valence-electron chi connectivity index (χ1n) is 10.5. The fourth-order valence-corrected chi connectivity index (χ4v) is 4.37. The molecule has 0 bridgehead atoms. The summed E-state index contributed by atoms with van der Waals surface area (Å²) >= 11 is 6.61. The van der Waals surface area contributed by atoms with E-state index in [1.807, 2.05) is 23.6 Å². The van der Waals surface area contributed by atoms with Crippen LogP contribution in [0.3, 0.4) is 0 Å². The summed E-state index contributed by atoms with van der Waals surface area (Å²) in [5, 5.41) is 4.24. The van der Waals surface area contributed by atoms with Crippen LogP contribution in [-0.2, 0) is 11.3 Å². The third-order valence-corrected chi connectivity index (χ3v) is 6.23. The van der Waals surface area contributed by atoms with Crippen LogP contribution in [0.4, 0.5) is 5.69 Å². The molecule has 1 fully saturated rings. The molecular formula is C23H27ClN4O2. The van der Waals surface area contributed by atoms with Crippen molar-refractivity contribution >= 4 is 34.4 Å². The van der Waals surface area contributed by atoms with Crippen LogP contribution in [0.25, 0.3) is 11.2 Å². The van der Waals surface area contributed by atoms with Gasteiger partial charge in [0.15, 0.2) is 11.3 Å². The van der Waals surface area contributed by atoms with Gasteiger partial charge in [0.25, 0.3) is 0 Å². The van der Waals surface area contributed by atoms with Gasteiger partial charge in [-0.25, -0.2) is 14.8 Å². The molecule has 0 atom stereocenters. The molecule has 158 valence electrons. The molecule has 1 aromatic carbocycles. The lowest BCUT2D eigenvalue weighted by Gasteiger charge is -2.22. The Bertz CT molecular complexity index is 1060. The van der Waals surface area contributed by atoms with Gasteiger partial charge in [-0.2, -0.15) is 0 Å². The van der Waals surface area contributed by atoms with Crippen LogP contribution in [0.5, 0.6) is 0 Å². The molecular weight excluding hydrogens is 400 g/mol. The number of carbonyl (C=O) groups is 1. The normalized spacial score (nSPS) is 14.8. The number of hydrogen-bond donors (Lipinski definition) is 1. The highest BCUT2D eigenvalue weighted by Crippen LogP contribution is 2.27. The second-order valence-electron chi connectivity index (χ2n) is 7.97. The van der Waals surface area contributed by atoms with Gasteiger partial charge in [-0.1, -0.05) is 36.9 Å². The van der Waals surface area contributed by atoms with E-state index >= 15 is 0 Å². The average Bonchev–Trinajstić information content (AvgIpc) is 3.08. The van der Waals surface area contributed by atoms with Gasteiger partial charge in [0, 0.05) is 17.3 Å². The highest BCUT2D eigenvalue weighted by molar-refractivity contribution is 6.31. The number of nitrogens with zero attached hydrogens (tertiary/aromatic N) is 3. The van der Waals surface area contributed by atoms with E-state index in [2.05, 4.69) is 21.4 Å². The molecule has 7 heteroatoms. The number of anilines is 1. The van der Waals surface area contributed by atoms with E-state index in [9.17, 15) is 4.79 Å². The van der Waals surface area contributed by atoms with Crippen molar-refractivity contribution in [3.8, 4) is 0 Å². The first-order valence-corrected chi connectivity index (χ1v) is 10.9. The van der Waals surface area contributed by atoms with E-state index in [0.717, 1.165) is 35.1 Å². The SMILES string of the molecule is COC(=O)c1ccc2nc(C)n(Cc3ccc(NCC4CCCCC4)cc3Cl)c2n1. The standard InChI is InChI=1S/C23H27ClN4O2/c1-15-26-20-10-11-21(23(29)30-2)27-22(20)28(15)14-17-8-9-18(12-19(17)24)25-13-16-6-4-3-5-7-16/h8-12,16,25H,3-7,13-14H2,1-2H3. The van der Waals surface area contributed by atoms with Crippen molar-refractivity contribution < 1.29 is 9.53 Å². The third kappa shape index (κ3) is 4.43. The van der Waals surface area contributed by atoms with Gasteiger partial charge in [0.1, 0.15) is 11.3 Å². The number of benzene rings is 1. The van der Waals surface area contributed by atoms with Gasteiger partial charge in [-0.3, -0.25) is 0 Å². The minimum atomic E-state index is -0.464. The second kappa shape index (κ2) is 9.04. The maximum Gasteiger partial charge on any atom is 0.356 e. The van der Waals surface area contributed by atoms with Crippen LogP contribution < -0.4 is 5.32 Å². The molecule has 0 unspecified atom stereocenters. The van der Waals surface area contributed by atoms with E-state index in [0.29, 0.717) is 17.2 Å². The molecule has 1 aliphatic rings. The lowest BCUT2D eigenvalue weighted by Crippen LogP contribution is -2.17. The quantitative estimate of drug-likeness (QED) is 0.547. The summed E-state index contributed by atoms with van der Waals surface area (Å²) < 4.78 is 6.76. The van der Waals surface area contributed by atoms with E-state index in [4.69, 9.17) is 16.3 Å². The summed E-state index contributed by atoms with van der Waals surface area (Å²) in [6.45, 7) is 3.45. The Morgan fingerprint density at radius 3 is 2.73 bits per heavy atom. The maximum absolute atomic E-state index is 11.9. The number of imidazole rings is 1.